The molecule has 2 atom stereocenters. The summed E-state index contributed by atoms with van der Waals surface area (Å²) in [4.78, 5) is 4.09. The van der Waals surface area contributed by atoms with Crippen LogP contribution in [0.1, 0.15) is 22.8 Å². The van der Waals surface area contributed by atoms with Crippen molar-refractivity contribution in [2.45, 2.75) is 29.7 Å². The lowest BCUT2D eigenvalue weighted by Gasteiger charge is -2.31. The minimum atomic E-state index is -3.73. The van der Waals surface area contributed by atoms with Crippen LogP contribution in [0.3, 0.4) is 0 Å². The first-order valence-corrected chi connectivity index (χ1v) is 14.0. The van der Waals surface area contributed by atoms with Crippen LogP contribution in [0.5, 0.6) is 0 Å². The van der Waals surface area contributed by atoms with E-state index in [2.05, 4.69) is 4.90 Å². The SMILES string of the molecule is NS(=O)(=O)c1ccc(CN2C=CN(C(Cl)C(OCc3ccc(Cl)cc3Cl)c3ccc(Cl)cc3)C2)cc1. The Kier molecular flexibility index (Phi) is 8.73. The largest absolute Gasteiger partial charge is 0.365 e. The number of hydrogen-bond acceptors (Lipinski definition) is 5. The minimum Gasteiger partial charge on any atom is -0.365 e. The normalized spacial score (nSPS) is 15.4. The van der Waals surface area contributed by atoms with E-state index in [9.17, 15) is 8.42 Å². The zero-order valence-electron chi connectivity index (χ0n) is 18.9. The Balaban J connectivity index is 1.45. The van der Waals surface area contributed by atoms with Crippen molar-refractivity contribution in [1.82, 2.24) is 9.80 Å². The van der Waals surface area contributed by atoms with Gasteiger partial charge in [0.2, 0.25) is 10.0 Å². The molecule has 1 aliphatic heterocycles. The molecule has 0 saturated heterocycles. The van der Waals surface area contributed by atoms with Crippen LogP contribution < -0.4 is 5.14 Å². The van der Waals surface area contributed by atoms with Gasteiger partial charge in [-0.1, -0.05) is 76.7 Å². The monoisotopic (exact) mass is 585 g/mol. The maximum Gasteiger partial charge on any atom is 0.238 e. The van der Waals surface area contributed by atoms with Gasteiger partial charge < -0.3 is 14.5 Å². The van der Waals surface area contributed by atoms with Crippen molar-refractivity contribution in [2.75, 3.05) is 6.67 Å². The Morgan fingerprint density at radius 2 is 1.58 bits per heavy atom. The van der Waals surface area contributed by atoms with Crippen LogP contribution >= 0.6 is 46.4 Å². The molecule has 1 aliphatic rings. The second-order valence-corrected chi connectivity index (χ2v) is 11.6. The van der Waals surface area contributed by atoms with E-state index in [0.717, 1.165) is 16.7 Å². The van der Waals surface area contributed by atoms with E-state index >= 15 is 0 Å². The first-order chi connectivity index (χ1) is 17.1. The van der Waals surface area contributed by atoms with Gasteiger partial charge in [0.15, 0.2) is 0 Å². The molecule has 36 heavy (non-hydrogen) atoms. The summed E-state index contributed by atoms with van der Waals surface area (Å²) in [6.07, 6.45) is 3.34. The summed E-state index contributed by atoms with van der Waals surface area (Å²) < 4.78 is 29.3. The summed E-state index contributed by atoms with van der Waals surface area (Å²) in [7, 11) is -3.73. The average Bonchev–Trinajstić information content (AvgIpc) is 3.29. The summed E-state index contributed by atoms with van der Waals surface area (Å²) in [6.45, 7) is 1.32. The standard InChI is InChI=1S/C25H23Cl4N3O3S/c26-20-6-3-18(4-7-20)24(35-15-19-5-8-21(27)13-23(19)28)25(29)32-12-11-31(16-32)14-17-1-9-22(10-2-17)36(30,33)34/h1-13,24-25H,14-16H2,(H2,30,33,34). The molecule has 3 aromatic rings. The smallest absolute Gasteiger partial charge is 0.238 e. The number of nitrogens with two attached hydrogens (primary N) is 1. The maximum absolute atomic E-state index is 11.5. The number of sulfonamides is 1. The highest BCUT2D eigenvalue weighted by atomic mass is 35.5. The Bertz CT molecular complexity index is 1340. The number of ether oxygens (including phenoxy) is 1. The lowest BCUT2D eigenvalue weighted by Crippen LogP contribution is -2.35. The maximum atomic E-state index is 11.5. The van der Waals surface area contributed by atoms with Crippen molar-refractivity contribution in [3.05, 3.63) is 111 Å². The molecule has 190 valence electrons. The van der Waals surface area contributed by atoms with E-state index in [1.165, 1.54) is 12.1 Å². The lowest BCUT2D eigenvalue weighted by molar-refractivity contribution is 0.00658. The molecule has 11 heteroatoms. The van der Waals surface area contributed by atoms with Crippen molar-refractivity contribution in [3.8, 4) is 0 Å². The van der Waals surface area contributed by atoms with E-state index in [1.54, 1.807) is 36.4 Å². The Hall–Kier alpha value is -1.97. The second-order valence-electron chi connectivity index (χ2n) is 8.28. The highest BCUT2D eigenvalue weighted by Crippen LogP contribution is 2.33. The van der Waals surface area contributed by atoms with Crippen molar-refractivity contribution < 1.29 is 13.2 Å². The van der Waals surface area contributed by atoms with Crippen LogP contribution in [0.15, 0.2) is 84.0 Å². The van der Waals surface area contributed by atoms with Gasteiger partial charge in [-0.15, -0.1) is 0 Å². The number of alkyl halides is 1. The van der Waals surface area contributed by atoms with Gasteiger partial charge in [-0.3, -0.25) is 0 Å². The highest BCUT2D eigenvalue weighted by Gasteiger charge is 2.29. The summed E-state index contributed by atoms with van der Waals surface area (Å²) in [6, 6.07) is 19.1. The molecular formula is C25H23Cl4N3O3S. The van der Waals surface area contributed by atoms with Gasteiger partial charge in [-0.05, 0) is 53.1 Å². The minimum absolute atomic E-state index is 0.0782. The number of hydrogen-bond donors (Lipinski definition) is 1. The Morgan fingerprint density at radius 1 is 0.917 bits per heavy atom. The summed E-state index contributed by atoms with van der Waals surface area (Å²) in [5.41, 5.74) is 2.06. The highest BCUT2D eigenvalue weighted by molar-refractivity contribution is 7.89. The number of benzene rings is 3. The number of halogens is 4. The molecule has 0 saturated carbocycles. The van der Waals surface area contributed by atoms with Gasteiger partial charge in [0, 0.05) is 34.0 Å². The third-order valence-corrected chi connectivity index (χ3v) is 7.90. The Morgan fingerprint density at radius 3 is 2.22 bits per heavy atom. The Labute approximate surface area is 230 Å². The fourth-order valence-corrected chi connectivity index (χ4v) is 5.19. The van der Waals surface area contributed by atoms with Gasteiger partial charge in [0.25, 0.3) is 0 Å². The van der Waals surface area contributed by atoms with Crippen molar-refractivity contribution >= 4 is 56.4 Å². The molecule has 1 heterocycles. The van der Waals surface area contributed by atoms with E-state index < -0.39 is 21.6 Å². The van der Waals surface area contributed by atoms with Crippen molar-refractivity contribution in [2.24, 2.45) is 5.14 Å². The van der Waals surface area contributed by atoms with E-state index in [1.807, 2.05) is 35.5 Å². The molecule has 0 aromatic heterocycles. The molecule has 2 N–H and O–H groups in total. The molecule has 0 amide bonds. The second kappa shape index (κ2) is 11.6. The van der Waals surface area contributed by atoms with Crippen LogP contribution in [0.2, 0.25) is 15.1 Å². The molecule has 4 rings (SSSR count). The summed E-state index contributed by atoms with van der Waals surface area (Å²) in [5, 5.41) is 6.86. The van der Waals surface area contributed by atoms with Crippen LogP contribution in [-0.2, 0) is 27.9 Å². The molecule has 0 radical (unpaired) electrons. The van der Waals surface area contributed by atoms with Crippen LogP contribution in [-0.4, -0.2) is 30.4 Å². The van der Waals surface area contributed by atoms with Crippen LogP contribution in [0, 0.1) is 0 Å². The summed E-state index contributed by atoms with van der Waals surface area (Å²) >= 11 is 25.4. The molecule has 0 spiro atoms. The molecule has 0 bridgehead atoms. The van der Waals surface area contributed by atoms with Crippen molar-refractivity contribution in [3.63, 3.8) is 0 Å². The number of nitrogens with zero attached hydrogens (tertiary/aromatic N) is 2. The molecule has 0 aliphatic carbocycles. The fraction of sp³-hybridized carbons (Fsp3) is 0.200. The molecular weight excluding hydrogens is 564 g/mol. The van der Waals surface area contributed by atoms with E-state index in [0.29, 0.717) is 28.3 Å². The predicted molar refractivity (Wildman–Crippen MR) is 144 cm³/mol. The van der Waals surface area contributed by atoms with Gasteiger partial charge in [0.05, 0.1) is 18.2 Å². The number of primary sulfonamides is 1. The fourth-order valence-electron chi connectivity index (χ4n) is 3.75. The van der Waals surface area contributed by atoms with Gasteiger partial charge in [0.1, 0.15) is 11.6 Å². The lowest BCUT2D eigenvalue weighted by atomic mass is 10.1. The predicted octanol–water partition coefficient (Wildman–Crippen LogP) is 6.36. The zero-order chi connectivity index (χ0) is 25.9. The average molecular weight is 587 g/mol. The molecule has 2 unspecified atom stereocenters. The molecule has 6 nitrogen and oxygen atoms in total. The first-order valence-electron chi connectivity index (χ1n) is 10.8. The molecule has 3 aromatic carbocycles. The van der Waals surface area contributed by atoms with Crippen molar-refractivity contribution in [1.29, 1.82) is 0 Å². The summed E-state index contributed by atoms with van der Waals surface area (Å²) in [5.74, 6) is 0. The quantitative estimate of drug-likeness (QED) is 0.233. The van der Waals surface area contributed by atoms with Gasteiger partial charge in [-0.25, -0.2) is 13.6 Å². The topological polar surface area (TPSA) is 75.9 Å². The zero-order valence-corrected chi connectivity index (χ0v) is 22.7. The number of rotatable bonds is 9. The van der Waals surface area contributed by atoms with Gasteiger partial charge in [-0.2, -0.15) is 0 Å². The van der Waals surface area contributed by atoms with Crippen LogP contribution in [0.4, 0.5) is 0 Å². The third-order valence-electron chi connectivity index (χ3n) is 5.65. The third kappa shape index (κ3) is 6.86. The van der Waals surface area contributed by atoms with E-state index in [4.69, 9.17) is 56.3 Å². The molecule has 0 fully saturated rings. The van der Waals surface area contributed by atoms with E-state index in [-0.39, 0.29) is 11.5 Å². The van der Waals surface area contributed by atoms with Crippen LogP contribution in [0.25, 0.3) is 0 Å². The van der Waals surface area contributed by atoms with Gasteiger partial charge >= 0.3 is 0 Å². The first kappa shape index (κ1) is 27.1.